The molecule has 0 unspecified atom stereocenters. The molecule has 0 spiro atoms. The molecule has 84 valence electrons. The molecule has 0 fully saturated rings. The van der Waals surface area contributed by atoms with E-state index in [2.05, 4.69) is 5.10 Å². The molecule has 0 radical (unpaired) electrons. The highest BCUT2D eigenvalue weighted by Gasteiger charge is 2.16. The van der Waals surface area contributed by atoms with Crippen LogP contribution >= 0.6 is 0 Å². The van der Waals surface area contributed by atoms with Crippen molar-refractivity contribution < 1.29 is 14.6 Å². The lowest BCUT2D eigenvalue weighted by atomic mass is 10.2. The normalized spacial score (nSPS) is 10.6. The molecule has 0 aromatic carbocycles. The number of carbonyl (C=O) groups is 1. The van der Waals surface area contributed by atoms with Crippen molar-refractivity contribution >= 4 is 5.97 Å². The van der Waals surface area contributed by atoms with Gasteiger partial charge in [-0.3, -0.25) is 4.68 Å². The summed E-state index contributed by atoms with van der Waals surface area (Å²) in [6, 6.07) is 0. The Morgan fingerprint density at radius 3 is 2.67 bits per heavy atom. The quantitative estimate of drug-likeness (QED) is 0.746. The van der Waals surface area contributed by atoms with Gasteiger partial charge in [0.1, 0.15) is 5.56 Å². The van der Waals surface area contributed by atoms with E-state index in [1.807, 2.05) is 0 Å². The number of hydrogen-bond acceptors (Lipinski definition) is 3. The number of ether oxygens (including phenoxy) is 1. The number of carboxylic acids is 1. The Morgan fingerprint density at radius 2 is 2.20 bits per heavy atom. The first-order chi connectivity index (χ1) is 7.07. The van der Waals surface area contributed by atoms with Gasteiger partial charge in [0, 0.05) is 20.3 Å². The number of aromatic carboxylic acids is 1. The van der Waals surface area contributed by atoms with Gasteiger partial charge in [-0.2, -0.15) is 5.10 Å². The number of hydrogen-bond donors (Lipinski definition) is 1. The molecule has 1 aromatic heterocycles. The Labute approximate surface area is 88.7 Å². The zero-order valence-corrected chi connectivity index (χ0v) is 9.28. The predicted molar refractivity (Wildman–Crippen MR) is 55.2 cm³/mol. The Morgan fingerprint density at radius 1 is 1.53 bits per heavy atom. The first-order valence-corrected chi connectivity index (χ1v) is 4.84. The molecule has 1 aromatic rings. The van der Waals surface area contributed by atoms with Crippen LogP contribution in [0.15, 0.2) is 0 Å². The lowest BCUT2D eigenvalue weighted by Crippen LogP contribution is -2.06. The molecule has 0 saturated heterocycles. The van der Waals surface area contributed by atoms with E-state index in [-0.39, 0.29) is 0 Å². The maximum atomic E-state index is 10.9. The molecule has 0 amide bonds. The molecule has 0 aliphatic carbocycles. The van der Waals surface area contributed by atoms with Crippen molar-refractivity contribution in [3.63, 3.8) is 0 Å². The SMILES string of the molecule is COCCCn1nc(C)c(C(=O)O)c1C. The minimum atomic E-state index is -0.914. The third kappa shape index (κ3) is 2.56. The van der Waals surface area contributed by atoms with E-state index in [1.165, 1.54) is 0 Å². The first kappa shape index (κ1) is 11.7. The predicted octanol–water partition coefficient (Wildman–Crippen LogP) is 1.23. The standard InChI is InChI=1S/C10H16N2O3/c1-7-9(10(13)14)8(2)12(11-7)5-4-6-15-3/h4-6H2,1-3H3,(H,13,14). The van der Waals surface area contributed by atoms with Crippen molar-refractivity contribution in [3.8, 4) is 0 Å². The smallest absolute Gasteiger partial charge is 0.339 e. The number of aromatic nitrogens is 2. The number of rotatable bonds is 5. The fourth-order valence-corrected chi connectivity index (χ4v) is 1.58. The number of methoxy groups -OCH3 is 1. The van der Waals surface area contributed by atoms with E-state index in [4.69, 9.17) is 9.84 Å². The minimum Gasteiger partial charge on any atom is -0.478 e. The van der Waals surface area contributed by atoms with Crippen LogP contribution < -0.4 is 0 Å². The highest BCUT2D eigenvalue weighted by atomic mass is 16.5. The van der Waals surface area contributed by atoms with Gasteiger partial charge in [-0.15, -0.1) is 0 Å². The van der Waals surface area contributed by atoms with Crippen LogP contribution in [0, 0.1) is 13.8 Å². The highest BCUT2D eigenvalue weighted by molar-refractivity contribution is 5.90. The molecule has 0 saturated carbocycles. The molecular formula is C10H16N2O3. The molecule has 0 aliphatic rings. The van der Waals surface area contributed by atoms with Crippen molar-refractivity contribution in [2.45, 2.75) is 26.8 Å². The van der Waals surface area contributed by atoms with Gasteiger partial charge in [-0.25, -0.2) is 4.79 Å². The van der Waals surface area contributed by atoms with Crippen LogP contribution in [0.5, 0.6) is 0 Å². The van der Waals surface area contributed by atoms with Gasteiger partial charge in [-0.1, -0.05) is 0 Å². The summed E-state index contributed by atoms with van der Waals surface area (Å²) < 4.78 is 6.65. The van der Waals surface area contributed by atoms with Crippen molar-refractivity contribution in [1.82, 2.24) is 9.78 Å². The summed E-state index contributed by atoms with van der Waals surface area (Å²) >= 11 is 0. The van der Waals surface area contributed by atoms with Gasteiger partial charge in [-0.05, 0) is 20.3 Å². The van der Waals surface area contributed by atoms with Crippen molar-refractivity contribution in [1.29, 1.82) is 0 Å². The second-order valence-electron chi connectivity index (χ2n) is 3.42. The fraction of sp³-hybridized carbons (Fsp3) is 0.600. The monoisotopic (exact) mass is 212 g/mol. The van der Waals surface area contributed by atoms with Crippen LogP contribution in [0.1, 0.15) is 28.2 Å². The van der Waals surface area contributed by atoms with Crippen LogP contribution in [0.3, 0.4) is 0 Å². The zero-order chi connectivity index (χ0) is 11.4. The van der Waals surface area contributed by atoms with E-state index in [1.54, 1.807) is 25.6 Å². The summed E-state index contributed by atoms with van der Waals surface area (Å²) in [7, 11) is 1.64. The van der Waals surface area contributed by atoms with Crippen LogP contribution in [0.2, 0.25) is 0 Å². The average Bonchev–Trinajstić information content (AvgIpc) is 2.42. The lowest BCUT2D eigenvalue weighted by Gasteiger charge is -2.03. The second-order valence-corrected chi connectivity index (χ2v) is 3.42. The van der Waals surface area contributed by atoms with E-state index in [0.29, 0.717) is 30.1 Å². The largest absolute Gasteiger partial charge is 0.478 e. The number of aryl methyl sites for hydroxylation is 2. The highest BCUT2D eigenvalue weighted by Crippen LogP contribution is 2.13. The zero-order valence-electron chi connectivity index (χ0n) is 9.28. The number of carboxylic acid groups (broad SMARTS) is 1. The van der Waals surface area contributed by atoms with Crippen LogP contribution in [-0.2, 0) is 11.3 Å². The molecule has 15 heavy (non-hydrogen) atoms. The van der Waals surface area contributed by atoms with Gasteiger partial charge in [0.05, 0.1) is 11.4 Å². The molecular weight excluding hydrogens is 196 g/mol. The maximum absolute atomic E-state index is 10.9. The molecule has 1 heterocycles. The lowest BCUT2D eigenvalue weighted by molar-refractivity contribution is 0.0695. The van der Waals surface area contributed by atoms with Gasteiger partial charge in [0.2, 0.25) is 0 Å². The Bertz CT molecular complexity index is 358. The van der Waals surface area contributed by atoms with Crippen molar-refractivity contribution in [3.05, 3.63) is 17.0 Å². The van der Waals surface area contributed by atoms with Crippen molar-refractivity contribution in [2.75, 3.05) is 13.7 Å². The molecule has 5 heteroatoms. The minimum absolute atomic E-state index is 0.312. The van der Waals surface area contributed by atoms with E-state index < -0.39 is 5.97 Å². The van der Waals surface area contributed by atoms with E-state index in [0.717, 1.165) is 6.42 Å². The topological polar surface area (TPSA) is 64.4 Å². The molecule has 0 atom stereocenters. The summed E-state index contributed by atoms with van der Waals surface area (Å²) in [5.41, 5.74) is 1.58. The molecule has 0 bridgehead atoms. The molecule has 1 N–H and O–H groups in total. The maximum Gasteiger partial charge on any atom is 0.339 e. The van der Waals surface area contributed by atoms with Gasteiger partial charge in [0.25, 0.3) is 0 Å². The molecule has 0 aliphatic heterocycles. The third-order valence-electron chi connectivity index (χ3n) is 2.31. The van der Waals surface area contributed by atoms with E-state index >= 15 is 0 Å². The Kier molecular flexibility index (Phi) is 3.85. The summed E-state index contributed by atoms with van der Waals surface area (Å²) in [5, 5.41) is 13.1. The first-order valence-electron chi connectivity index (χ1n) is 4.84. The summed E-state index contributed by atoms with van der Waals surface area (Å²) in [4.78, 5) is 10.9. The van der Waals surface area contributed by atoms with Crippen LogP contribution in [-0.4, -0.2) is 34.6 Å². The molecule has 5 nitrogen and oxygen atoms in total. The number of nitrogens with zero attached hydrogens (tertiary/aromatic N) is 2. The van der Waals surface area contributed by atoms with Crippen LogP contribution in [0.25, 0.3) is 0 Å². The fourth-order valence-electron chi connectivity index (χ4n) is 1.58. The van der Waals surface area contributed by atoms with Gasteiger partial charge in [0.15, 0.2) is 0 Å². The Balaban J connectivity index is 2.82. The third-order valence-corrected chi connectivity index (χ3v) is 2.31. The van der Waals surface area contributed by atoms with Gasteiger partial charge >= 0.3 is 5.97 Å². The van der Waals surface area contributed by atoms with Crippen molar-refractivity contribution in [2.24, 2.45) is 0 Å². The van der Waals surface area contributed by atoms with Gasteiger partial charge < -0.3 is 9.84 Å². The molecule has 1 rings (SSSR count). The summed E-state index contributed by atoms with van der Waals surface area (Å²) in [6.45, 7) is 4.83. The summed E-state index contributed by atoms with van der Waals surface area (Å²) in [5.74, 6) is -0.914. The van der Waals surface area contributed by atoms with Crippen LogP contribution in [0.4, 0.5) is 0 Å². The average molecular weight is 212 g/mol. The Hall–Kier alpha value is -1.36. The summed E-state index contributed by atoms with van der Waals surface area (Å²) in [6.07, 6.45) is 0.831. The van der Waals surface area contributed by atoms with E-state index in [9.17, 15) is 4.79 Å². The second kappa shape index (κ2) is 4.93.